The maximum Gasteiger partial charge on any atom is 0.231 e. The summed E-state index contributed by atoms with van der Waals surface area (Å²) in [6.07, 6.45) is 6.31. The Hall–Kier alpha value is -2.01. The fraction of sp³-hybridized carbons (Fsp3) is 0.438. The van der Waals surface area contributed by atoms with E-state index in [9.17, 15) is 0 Å². The van der Waals surface area contributed by atoms with E-state index in [4.69, 9.17) is 9.47 Å². The molecule has 1 atom stereocenters. The standard InChI is InChI=1S/C16H19N3O2/c1-3-14(13-4-5-15-16(11-13)21-12-20-15)18(7-1)9-10-19-8-2-6-17-19/h2,4-6,8,11,14H,1,3,7,9-10,12H2/t14-/m0/s1. The number of benzene rings is 1. The van der Waals surface area contributed by atoms with Gasteiger partial charge in [-0.2, -0.15) is 5.10 Å². The first kappa shape index (κ1) is 12.7. The van der Waals surface area contributed by atoms with Gasteiger partial charge in [0.05, 0.1) is 6.54 Å². The van der Waals surface area contributed by atoms with E-state index < -0.39 is 0 Å². The number of hydrogen-bond acceptors (Lipinski definition) is 4. The predicted molar refractivity (Wildman–Crippen MR) is 78.3 cm³/mol. The van der Waals surface area contributed by atoms with E-state index in [0.717, 1.165) is 31.1 Å². The lowest BCUT2D eigenvalue weighted by Crippen LogP contribution is -2.27. The molecule has 5 heteroatoms. The van der Waals surface area contributed by atoms with Crippen LogP contribution in [0.3, 0.4) is 0 Å². The van der Waals surface area contributed by atoms with Crippen molar-refractivity contribution in [3.05, 3.63) is 42.2 Å². The quantitative estimate of drug-likeness (QED) is 0.865. The number of rotatable bonds is 4. The van der Waals surface area contributed by atoms with Gasteiger partial charge >= 0.3 is 0 Å². The van der Waals surface area contributed by atoms with Gasteiger partial charge in [0.15, 0.2) is 11.5 Å². The van der Waals surface area contributed by atoms with E-state index in [0.29, 0.717) is 12.8 Å². The summed E-state index contributed by atoms with van der Waals surface area (Å²) in [6, 6.07) is 8.79. The predicted octanol–water partition coefficient (Wildman–Crippen LogP) is 2.45. The Morgan fingerprint density at radius 2 is 2.14 bits per heavy atom. The van der Waals surface area contributed by atoms with Crippen LogP contribution in [-0.4, -0.2) is 34.6 Å². The van der Waals surface area contributed by atoms with Crippen molar-refractivity contribution in [2.75, 3.05) is 19.9 Å². The lowest BCUT2D eigenvalue weighted by atomic mass is 10.0. The Kier molecular flexibility index (Phi) is 3.27. The zero-order chi connectivity index (χ0) is 14.1. The third-order valence-electron chi connectivity index (χ3n) is 4.32. The molecule has 3 heterocycles. The summed E-state index contributed by atoms with van der Waals surface area (Å²) in [5, 5.41) is 4.28. The minimum absolute atomic E-state index is 0.340. The molecule has 0 aliphatic carbocycles. The van der Waals surface area contributed by atoms with Crippen LogP contribution in [0, 0.1) is 0 Å². The molecule has 0 spiro atoms. The number of hydrogen-bond donors (Lipinski definition) is 0. The highest BCUT2D eigenvalue weighted by molar-refractivity contribution is 5.45. The number of ether oxygens (including phenoxy) is 2. The van der Waals surface area contributed by atoms with Crippen LogP contribution in [0.15, 0.2) is 36.7 Å². The molecule has 0 saturated carbocycles. The van der Waals surface area contributed by atoms with E-state index in [1.807, 2.05) is 29.2 Å². The van der Waals surface area contributed by atoms with E-state index >= 15 is 0 Å². The Bertz CT molecular complexity index is 612. The molecule has 0 unspecified atom stereocenters. The topological polar surface area (TPSA) is 39.5 Å². The lowest BCUT2D eigenvalue weighted by molar-refractivity contribution is 0.173. The van der Waals surface area contributed by atoms with Gasteiger partial charge < -0.3 is 9.47 Å². The average molecular weight is 285 g/mol. The highest BCUT2D eigenvalue weighted by Gasteiger charge is 2.27. The SMILES string of the molecule is c1cnn(CCN2CCC[C@H]2c2ccc3c(c2)OCO3)c1. The number of likely N-dealkylation sites (tertiary alicyclic amines) is 1. The molecule has 1 aromatic carbocycles. The van der Waals surface area contributed by atoms with Crippen molar-refractivity contribution in [3.8, 4) is 11.5 Å². The van der Waals surface area contributed by atoms with Gasteiger partial charge in [-0.15, -0.1) is 0 Å². The Morgan fingerprint density at radius 1 is 1.19 bits per heavy atom. The normalized spacial score (nSPS) is 21.0. The molecule has 2 aliphatic heterocycles. The molecule has 21 heavy (non-hydrogen) atoms. The molecule has 1 saturated heterocycles. The molecule has 4 rings (SSSR count). The summed E-state index contributed by atoms with van der Waals surface area (Å²) in [5.74, 6) is 1.74. The van der Waals surface area contributed by atoms with Gasteiger partial charge in [0.2, 0.25) is 6.79 Å². The second-order valence-corrected chi connectivity index (χ2v) is 5.58. The van der Waals surface area contributed by atoms with E-state index in [1.165, 1.54) is 18.4 Å². The summed E-state index contributed by atoms with van der Waals surface area (Å²) < 4.78 is 12.9. The van der Waals surface area contributed by atoms with E-state index in [-0.39, 0.29) is 0 Å². The van der Waals surface area contributed by atoms with E-state index in [1.54, 1.807) is 0 Å². The minimum Gasteiger partial charge on any atom is -0.454 e. The van der Waals surface area contributed by atoms with Crippen LogP contribution >= 0.6 is 0 Å². The first-order chi connectivity index (χ1) is 10.4. The zero-order valence-electron chi connectivity index (χ0n) is 11.9. The fourth-order valence-corrected chi connectivity index (χ4v) is 3.26. The first-order valence-corrected chi connectivity index (χ1v) is 7.51. The van der Waals surface area contributed by atoms with Gasteiger partial charge in [-0.3, -0.25) is 9.58 Å². The highest BCUT2D eigenvalue weighted by Crippen LogP contribution is 2.38. The number of nitrogens with zero attached hydrogens (tertiary/aromatic N) is 3. The third kappa shape index (κ3) is 2.49. The fourth-order valence-electron chi connectivity index (χ4n) is 3.26. The molecule has 5 nitrogen and oxygen atoms in total. The largest absolute Gasteiger partial charge is 0.454 e. The Balaban J connectivity index is 1.48. The van der Waals surface area contributed by atoms with Gasteiger partial charge in [-0.1, -0.05) is 6.07 Å². The van der Waals surface area contributed by atoms with Crippen molar-refractivity contribution < 1.29 is 9.47 Å². The second-order valence-electron chi connectivity index (χ2n) is 5.58. The van der Waals surface area contributed by atoms with Crippen molar-refractivity contribution >= 4 is 0 Å². The molecule has 1 fully saturated rings. The Morgan fingerprint density at radius 3 is 3.05 bits per heavy atom. The lowest BCUT2D eigenvalue weighted by Gasteiger charge is -2.24. The van der Waals surface area contributed by atoms with Crippen LogP contribution in [-0.2, 0) is 6.54 Å². The maximum absolute atomic E-state index is 5.50. The van der Waals surface area contributed by atoms with E-state index in [2.05, 4.69) is 22.1 Å². The summed E-state index contributed by atoms with van der Waals surface area (Å²) in [7, 11) is 0. The summed E-state index contributed by atoms with van der Waals surface area (Å²) >= 11 is 0. The smallest absolute Gasteiger partial charge is 0.231 e. The molecule has 110 valence electrons. The minimum atomic E-state index is 0.340. The average Bonchev–Trinajstić information content (AvgIpc) is 3.24. The Labute approximate surface area is 124 Å². The van der Waals surface area contributed by atoms with Gasteiger partial charge in [-0.05, 0) is 43.1 Å². The molecule has 0 radical (unpaired) electrons. The van der Waals surface area contributed by atoms with Gasteiger partial charge in [0.25, 0.3) is 0 Å². The van der Waals surface area contributed by atoms with Crippen molar-refractivity contribution in [2.45, 2.75) is 25.4 Å². The number of aromatic nitrogens is 2. The van der Waals surface area contributed by atoms with Crippen LogP contribution < -0.4 is 9.47 Å². The van der Waals surface area contributed by atoms with Crippen LogP contribution in [0.1, 0.15) is 24.4 Å². The summed E-state index contributed by atoms with van der Waals surface area (Å²) in [4.78, 5) is 2.54. The number of fused-ring (bicyclic) bond motifs is 1. The van der Waals surface area contributed by atoms with Crippen molar-refractivity contribution in [3.63, 3.8) is 0 Å². The third-order valence-corrected chi connectivity index (χ3v) is 4.32. The second kappa shape index (κ2) is 5.41. The van der Waals surface area contributed by atoms with Gasteiger partial charge in [0, 0.05) is 25.0 Å². The summed E-state index contributed by atoms with van der Waals surface area (Å²) in [6.45, 7) is 3.46. The molecular formula is C16H19N3O2. The van der Waals surface area contributed by atoms with Gasteiger partial charge in [0.1, 0.15) is 0 Å². The van der Waals surface area contributed by atoms with Crippen molar-refractivity contribution in [1.82, 2.24) is 14.7 Å². The monoisotopic (exact) mass is 285 g/mol. The maximum atomic E-state index is 5.50. The van der Waals surface area contributed by atoms with Gasteiger partial charge in [-0.25, -0.2) is 0 Å². The van der Waals surface area contributed by atoms with Crippen LogP contribution in [0.5, 0.6) is 11.5 Å². The van der Waals surface area contributed by atoms with Crippen molar-refractivity contribution in [2.24, 2.45) is 0 Å². The zero-order valence-corrected chi connectivity index (χ0v) is 11.9. The van der Waals surface area contributed by atoms with Crippen LogP contribution in [0.4, 0.5) is 0 Å². The molecule has 0 bridgehead atoms. The molecule has 2 aromatic rings. The molecule has 0 amide bonds. The first-order valence-electron chi connectivity index (χ1n) is 7.51. The van der Waals surface area contributed by atoms with Crippen LogP contribution in [0.25, 0.3) is 0 Å². The molecule has 1 aromatic heterocycles. The van der Waals surface area contributed by atoms with Crippen molar-refractivity contribution in [1.29, 1.82) is 0 Å². The van der Waals surface area contributed by atoms with Crippen LogP contribution in [0.2, 0.25) is 0 Å². The summed E-state index contributed by atoms with van der Waals surface area (Å²) in [5.41, 5.74) is 1.33. The molecular weight excluding hydrogens is 266 g/mol. The highest BCUT2D eigenvalue weighted by atomic mass is 16.7. The molecule has 0 N–H and O–H groups in total. The molecule has 2 aliphatic rings.